The number of carbonyl (C=O) groups excluding carboxylic acids is 2. The summed E-state index contributed by atoms with van der Waals surface area (Å²) in [5.41, 5.74) is 1.38. The Morgan fingerprint density at radius 3 is 2.72 bits per heavy atom. The highest BCUT2D eigenvalue weighted by Crippen LogP contribution is 2.14. The quantitative estimate of drug-likeness (QED) is 0.590. The van der Waals surface area contributed by atoms with Crippen LogP contribution in [0.1, 0.15) is 28.8 Å². The SMILES string of the molecule is CNC(=O)c1cccnc1NCc1ccnc(NC(=O)NC2CCN(C)CC2)c1. The Morgan fingerprint density at radius 2 is 1.97 bits per heavy atom. The van der Waals surface area contributed by atoms with Crippen LogP contribution < -0.4 is 21.3 Å². The fraction of sp³-hybridized carbons (Fsp3) is 0.400. The number of aromatic nitrogens is 2. The van der Waals surface area contributed by atoms with Crippen molar-refractivity contribution in [2.75, 3.05) is 37.8 Å². The molecule has 2 aromatic heterocycles. The number of carbonyl (C=O) groups is 2. The van der Waals surface area contributed by atoms with Gasteiger partial charge in [0.25, 0.3) is 5.91 Å². The van der Waals surface area contributed by atoms with Gasteiger partial charge in [-0.1, -0.05) is 0 Å². The summed E-state index contributed by atoms with van der Waals surface area (Å²) in [5, 5.41) is 11.6. The molecule has 3 rings (SSSR count). The molecule has 0 radical (unpaired) electrons. The van der Waals surface area contributed by atoms with E-state index in [1.54, 1.807) is 37.6 Å². The average Bonchev–Trinajstić information content (AvgIpc) is 2.74. The average molecular weight is 397 g/mol. The van der Waals surface area contributed by atoms with Gasteiger partial charge in [-0.3, -0.25) is 10.1 Å². The first-order valence-corrected chi connectivity index (χ1v) is 9.67. The highest BCUT2D eigenvalue weighted by atomic mass is 16.2. The fourth-order valence-corrected chi connectivity index (χ4v) is 3.19. The zero-order chi connectivity index (χ0) is 20.6. The smallest absolute Gasteiger partial charge is 0.320 e. The van der Waals surface area contributed by atoms with Crippen molar-refractivity contribution >= 4 is 23.6 Å². The Balaban J connectivity index is 1.56. The molecule has 0 atom stereocenters. The van der Waals surface area contributed by atoms with Crippen LogP contribution in [0.25, 0.3) is 0 Å². The lowest BCUT2D eigenvalue weighted by Crippen LogP contribution is -2.44. The molecular weight excluding hydrogens is 370 g/mol. The third-order valence-corrected chi connectivity index (χ3v) is 4.86. The molecule has 154 valence electrons. The largest absolute Gasteiger partial charge is 0.365 e. The number of urea groups is 1. The minimum Gasteiger partial charge on any atom is -0.365 e. The van der Waals surface area contributed by atoms with E-state index in [4.69, 9.17) is 0 Å². The lowest BCUT2D eigenvalue weighted by Gasteiger charge is -2.29. The zero-order valence-electron chi connectivity index (χ0n) is 16.7. The van der Waals surface area contributed by atoms with E-state index in [0.29, 0.717) is 23.7 Å². The highest BCUT2D eigenvalue weighted by Gasteiger charge is 2.18. The second-order valence-corrected chi connectivity index (χ2v) is 7.06. The number of amides is 3. The van der Waals surface area contributed by atoms with Crippen molar-refractivity contribution in [1.82, 2.24) is 25.5 Å². The Labute approximate surface area is 170 Å². The van der Waals surface area contributed by atoms with Crippen molar-refractivity contribution in [3.8, 4) is 0 Å². The summed E-state index contributed by atoms with van der Waals surface area (Å²) in [6.45, 7) is 2.40. The van der Waals surface area contributed by atoms with E-state index in [9.17, 15) is 9.59 Å². The van der Waals surface area contributed by atoms with Gasteiger partial charge in [0, 0.05) is 32.0 Å². The Morgan fingerprint density at radius 1 is 1.17 bits per heavy atom. The molecule has 1 aliphatic heterocycles. The Hall–Kier alpha value is -3.20. The van der Waals surface area contributed by atoms with E-state index >= 15 is 0 Å². The lowest BCUT2D eigenvalue weighted by molar-refractivity contribution is 0.0963. The molecule has 1 aliphatic rings. The van der Waals surface area contributed by atoms with Crippen molar-refractivity contribution in [1.29, 1.82) is 0 Å². The molecule has 1 fully saturated rings. The van der Waals surface area contributed by atoms with E-state index in [1.165, 1.54) is 0 Å². The fourth-order valence-electron chi connectivity index (χ4n) is 3.19. The van der Waals surface area contributed by atoms with E-state index < -0.39 is 0 Å². The summed E-state index contributed by atoms with van der Waals surface area (Å²) in [4.78, 5) is 34.9. The van der Waals surface area contributed by atoms with Gasteiger partial charge in [0.2, 0.25) is 0 Å². The summed E-state index contributed by atoms with van der Waals surface area (Å²) in [6.07, 6.45) is 5.15. The van der Waals surface area contributed by atoms with Crippen molar-refractivity contribution in [3.05, 3.63) is 47.8 Å². The Bertz CT molecular complexity index is 850. The first kappa shape index (κ1) is 20.5. The number of hydrogen-bond acceptors (Lipinski definition) is 6. The maximum absolute atomic E-state index is 12.3. The van der Waals surface area contributed by atoms with Crippen molar-refractivity contribution in [2.24, 2.45) is 0 Å². The van der Waals surface area contributed by atoms with Crippen LogP contribution >= 0.6 is 0 Å². The van der Waals surface area contributed by atoms with Gasteiger partial charge in [-0.2, -0.15) is 0 Å². The number of pyridine rings is 2. The molecule has 3 heterocycles. The third-order valence-electron chi connectivity index (χ3n) is 4.86. The van der Waals surface area contributed by atoms with E-state index in [0.717, 1.165) is 31.5 Å². The van der Waals surface area contributed by atoms with Crippen LogP contribution in [0.4, 0.5) is 16.4 Å². The topological polar surface area (TPSA) is 111 Å². The molecule has 9 nitrogen and oxygen atoms in total. The molecule has 0 aliphatic carbocycles. The third kappa shape index (κ3) is 5.89. The molecule has 0 aromatic carbocycles. The van der Waals surface area contributed by atoms with Gasteiger partial charge in [-0.25, -0.2) is 14.8 Å². The summed E-state index contributed by atoms with van der Waals surface area (Å²) in [6, 6.07) is 7.00. The number of hydrogen-bond donors (Lipinski definition) is 4. The van der Waals surface area contributed by atoms with Crippen LogP contribution in [0.2, 0.25) is 0 Å². The molecule has 9 heteroatoms. The standard InChI is InChI=1S/C20H27N7O2/c1-21-19(28)16-4-3-8-23-18(16)24-13-14-5-9-22-17(12-14)26-20(29)25-15-6-10-27(2)11-7-15/h3-5,8-9,12,15H,6-7,10-11,13H2,1-2H3,(H,21,28)(H,23,24)(H2,22,25,26,29). The lowest BCUT2D eigenvalue weighted by atomic mass is 10.1. The monoisotopic (exact) mass is 397 g/mol. The van der Waals surface area contributed by atoms with Crippen molar-refractivity contribution in [3.63, 3.8) is 0 Å². The van der Waals surface area contributed by atoms with Crippen LogP contribution in [0.15, 0.2) is 36.7 Å². The summed E-state index contributed by atoms with van der Waals surface area (Å²) in [5.74, 6) is 0.767. The number of nitrogens with one attached hydrogen (secondary N) is 4. The van der Waals surface area contributed by atoms with Crippen LogP contribution in [0.3, 0.4) is 0 Å². The molecule has 0 spiro atoms. The first-order valence-electron chi connectivity index (χ1n) is 9.67. The van der Waals surface area contributed by atoms with Gasteiger partial charge < -0.3 is 20.9 Å². The van der Waals surface area contributed by atoms with Crippen molar-refractivity contribution < 1.29 is 9.59 Å². The molecule has 4 N–H and O–H groups in total. The number of piperidine rings is 1. The molecule has 3 amide bonds. The van der Waals surface area contributed by atoms with Gasteiger partial charge in [0.1, 0.15) is 11.6 Å². The van der Waals surface area contributed by atoms with Gasteiger partial charge in [-0.15, -0.1) is 0 Å². The molecule has 0 saturated carbocycles. The first-order chi connectivity index (χ1) is 14.0. The predicted molar refractivity (Wildman–Crippen MR) is 112 cm³/mol. The molecule has 2 aromatic rings. The van der Waals surface area contributed by atoms with Crippen LogP contribution in [-0.2, 0) is 6.54 Å². The van der Waals surface area contributed by atoms with Gasteiger partial charge in [0.05, 0.1) is 5.56 Å². The molecule has 1 saturated heterocycles. The van der Waals surface area contributed by atoms with Gasteiger partial charge in [-0.05, 0) is 62.8 Å². The number of rotatable bonds is 6. The normalized spacial score (nSPS) is 14.8. The number of nitrogens with zero attached hydrogens (tertiary/aromatic N) is 3. The molecule has 0 unspecified atom stereocenters. The zero-order valence-corrected chi connectivity index (χ0v) is 16.7. The van der Waals surface area contributed by atoms with E-state index in [-0.39, 0.29) is 18.0 Å². The molecular formula is C20H27N7O2. The minimum absolute atomic E-state index is 0.184. The summed E-state index contributed by atoms with van der Waals surface area (Å²) < 4.78 is 0. The highest BCUT2D eigenvalue weighted by molar-refractivity contribution is 5.98. The van der Waals surface area contributed by atoms with Gasteiger partial charge >= 0.3 is 6.03 Å². The molecule has 0 bridgehead atoms. The minimum atomic E-state index is -0.246. The number of anilines is 2. The second kappa shape index (κ2) is 9.83. The Kier molecular flexibility index (Phi) is 6.96. The van der Waals surface area contributed by atoms with E-state index in [1.807, 2.05) is 6.07 Å². The van der Waals surface area contributed by atoms with Crippen LogP contribution in [-0.4, -0.2) is 60.0 Å². The molecule has 29 heavy (non-hydrogen) atoms. The predicted octanol–water partition coefficient (Wildman–Crippen LogP) is 1.66. The maximum atomic E-state index is 12.3. The number of likely N-dealkylation sites (tertiary alicyclic amines) is 1. The van der Waals surface area contributed by atoms with Gasteiger partial charge in [0.15, 0.2) is 0 Å². The van der Waals surface area contributed by atoms with E-state index in [2.05, 4.69) is 43.2 Å². The van der Waals surface area contributed by atoms with Crippen LogP contribution in [0, 0.1) is 0 Å². The van der Waals surface area contributed by atoms with Crippen LogP contribution in [0.5, 0.6) is 0 Å². The second-order valence-electron chi connectivity index (χ2n) is 7.06. The summed E-state index contributed by atoms with van der Waals surface area (Å²) in [7, 11) is 3.67. The maximum Gasteiger partial charge on any atom is 0.320 e. The summed E-state index contributed by atoms with van der Waals surface area (Å²) >= 11 is 0. The van der Waals surface area contributed by atoms with Crippen molar-refractivity contribution in [2.45, 2.75) is 25.4 Å².